The minimum absolute atomic E-state index is 0.0447. The average Bonchev–Trinajstić information content (AvgIpc) is 3.04. The number of halogens is 1. The largest absolute Gasteiger partial charge is 0.334 e. The van der Waals surface area contributed by atoms with Gasteiger partial charge in [-0.25, -0.2) is 0 Å². The van der Waals surface area contributed by atoms with Crippen molar-refractivity contribution in [1.29, 1.82) is 0 Å². The monoisotopic (exact) mass is 390 g/mol. The van der Waals surface area contributed by atoms with E-state index in [0.717, 1.165) is 22.7 Å². The Kier molecular flexibility index (Phi) is 4.04. The summed E-state index contributed by atoms with van der Waals surface area (Å²) in [7, 11) is 0. The van der Waals surface area contributed by atoms with Gasteiger partial charge in [-0.3, -0.25) is 20.2 Å². The normalized spacial score (nSPS) is 10.5. The molecule has 0 amide bonds. The molecule has 0 radical (unpaired) electrons. The van der Waals surface area contributed by atoms with Crippen molar-refractivity contribution >= 4 is 27.3 Å². The summed E-state index contributed by atoms with van der Waals surface area (Å²) in [6.07, 6.45) is 0. The molecule has 0 unspecified atom stereocenters. The Morgan fingerprint density at radius 2 is 1.62 bits per heavy atom. The first-order chi connectivity index (χ1) is 11.4. The van der Waals surface area contributed by atoms with Crippen LogP contribution in [0.3, 0.4) is 0 Å². The SMILES string of the molecule is O=[N+]([O-])c1cc(-c2nc(-c3cccc(Br)c3)no2)cc([N+](=O)[O-])c1. The van der Waals surface area contributed by atoms with Crippen LogP contribution in [0.5, 0.6) is 0 Å². The minimum atomic E-state index is -0.720. The minimum Gasteiger partial charge on any atom is -0.334 e. The predicted molar refractivity (Wildman–Crippen MR) is 86.2 cm³/mol. The second-order valence-corrected chi connectivity index (χ2v) is 5.60. The van der Waals surface area contributed by atoms with Crippen LogP contribution in [-0.4, -0.2) is 20.0 Å². The molecule has 2 aromatic carbocycles. The Morgan fingerprint density at radius 3 is 2.21 bits per heavy atom. The van der Waals surface area contributed by atoms with Gasteiger partial charge in [0.1, 0.15) is 0 Å². The Morgan fingerprint density at radius 1 is 0.958 bits per heavy atom. The van der Waals surface area contributed by atoms with Crippen molar-refractivity contribution in [2.24, 2.45) is 0 Å². The summed E-state index contributed by atoms with van der Waals surface area (Å²) >= 11 is 3.33. The zero-order valence-electron chi connectivity index (χ0n) is 11.7. The summed E-state index contributed by atoms with van der Waals surface area (Å²) in [6.45, 7) is 0. The fourth-order valence-corrected chi connectivity index (χ4v) is 2.41. The summed E-state index contributed by atoms with van der Waals surface area (Å²) in [4.78, 5) is 24.6. The highest BCUT2D eigenvalue weighted by Gasteiger charge is 2.20. The first kappa shape index (κ1) is 15.7. The van der Waals surface area contributed by atoms with Crippen molar-refractivity contribution in [2.75, 3.05) is 0 Å². The molecule has 0 atom stereocenters. The topological polar surface area (TPSA) is 125 Å². The first-order valence-corrected chi connectivity index (χ1v) is 7.27. The standard InChI is InChI=1S/C14H7BrN4O5/c15-10-3-1-2-8(4-10)13-16-14(24-17-13)9-5-11(18(20)21)7-12(6-9)19(22)23/h1-7H. The molecule has 1 heterocycles. The number of nitro benzene ring substituents is 2. The van der Waals surface area contributed by atoms with Crippen molar-refractivity contribution in [3.05, 3.63) is 67.2 Å². The van der Waals surface area contributed by atoms with Crippen LogP contribution in [0.2, 0.25) is 0 Å². The van der Waals surface area contributed by atoms with Gasteiger partial charge in [-0.15, -0.1) is 0 Å². The van der Waals surface area contributed by atoms with Gasteiger partial charge in [-0.2, -0.15) is 4.98 Å². The van der Waals surface area contributed by atoms with Gasteiger partial charge in [0.05, 0.1) is 21.5 Å². The predicted octanol–water partition coefficient (Wildman–Crippen LogP) is 3.98. The van der Waals surface area contributed by atoms with E-state index in [-0.39, 0.29) is 17.3 Å². The van der Waals surface area contributed by atoms with Crippen molar-refractivity contribution in [3.8, 4) is 22.8 Å². The molecule has 9 nitrogen and oxygen atoms in total. The quantitative estimate of drug-likeness (QED) is 0.486. The second kappa shape index (κ2) is 6.16. The third-order valence-electron chi connectivity index (χ3n) is 3.08. The highest BCUT2D eigenvalue weighted by molar-refractivity contribution is 9.10. The van der Waals surface area contributed by atoms with Gasteiger partial charge in [0.15, 0.2) is 0 Å². The van der Waals surface area contributed by atoms with E-state index in [2.05, 4.69) is 26.1 Å². The Bertz CT molecular complexity index is 924. The van der Waals surface area contributed by atoms with Crippen LogP contribution < -0.4 is 0 Å². The van der Waals surface area contributed by atoms with Gasteiger partial charge in [-0.1, -0.05) is 33.2 Å². The Labute approximate surface area is 142 Å². The van der Waals surface area contributed by atoms with Crippen molar-refractivity contribution in [3.63, 3.8) is 0 Å². The van der Waals surface area contributed by atoms with E-state index >= 15 is 0 Å². The van der Waals surface area contributed by atoms with Gasteiger partial charge in [-0.05, 0) is 12.1 Å². The number of non-ortho nitro benzene ring substituents is 2. The summed E-state index contributed by atoms with van der Waals surface area (Å²) in [5, 5.41) is 25.7. The van der Waals surface area contributed by atoms with E-state index in [1.54, 1.807) is 18.2 Å². The molecule has 0 fully saturated rings. The summed E-state index contributed by atoms with van der Waals surface area (Å²) in [6, 6.07) is 10.3. The molecule has 0 aliphatic heterocycles. The smallest absolute Gasteiger partial charge is 0.277 e. The van der Waals surface area contributed by atoms with E-state index in [1.807, 2.05) is 6.07 Å². The number of hydrogen-bond donors (Lipinski definition) is 0. The maximum Gasteiger partial charge on any atom is 0.277 e. The van der Waals surface area contributed by atoms with Gasteiger partial charge in [0, 0.05) is 22.2 Å². The first-order valence-electron chi connectivity index (χ1n) is 6.48. The van der Waals surface area contributed by atoms with Gasteiger partial charge < -0.3 is 4.52 Å². The number of aromatic nitrogens is 2. The summed E-state index contributed by atoms with van der Waals surface area (Å²) < 4.78 is 5.91. The van der Waals surface area contributed by atoms with Gasteiger partial charge >= 0.3 is 0 Å². The van der Waals surface area contributed by atoms with Crippen LogP contribution >= 0.6 is 15.9 Å². The lowest BCUT2D eigenvalue weighted by atomic mass is 10.1. The van der Waals surface area contributed by atoms with Crippen molar-refractivity contribution in [2.45, 2.75) is 0 Å². The highest BCUT2D eigenvalue weighted by Crippen LogP contribution is 2.30. The third-order valence-corrected chi connectivity index (χ3v) is 3.57. The Hall–Kier alpha value is -3.14. The highest BCUT2D eigenvalue weighted by atomic mass is 79.9. The molecule has 0 spiro atoms. The lowest BCUT2D eigenvalue weighted by molar-refractivity contribution is -0.394. The van der Waals surface area contributed by atoms with E-state index in [9.17, 15) is 20.2 Å². The lowest BCUT2D eigenvalue weighted by Gasteiger charge is -1.97. The molecule has 24 heavy (non-hydrogen) atoms. The molecule has 0 aliphatic carbocycles. The number of benzene rings is 2. The zero-order valence-corrected chi connectivity index (χ0v) is 13.3. The van der Waals surface area contributed by atoms with Crippen LogP contribution in [-0.2, 0) is 0 Å². The fourth-order valence-electron chi connectivity index (χ4n) is 2.02. The number of nitrogens with zero attached hydrogens (tertiary/aromatic N) is 4. The summed E-state index contributed by atoms with van der Waals surface area (Å²) in [5.41, 5.74) is -0.0910. The molecule has 0 saturated carbocycles. The maximum atomic E-state index is 10.9. The summed E-state index contributed by atoms with van der Waals surface area (Å²) in [5.74, 6) is 0.220. The molecule has 1 aromatic heterocycles. The van der Waals surface area contributed by atoms with Gasteiger partial charge in [0.2, 0.25) is 5.82 Å². The second-order valence-electron chi connectivity index (χ2n) is 4.69. The molecule has 0 bridgehead atoms. The molecule has 3 rings (SSSR count). The maximum absolute atomic E-state index is 10.9. The molecule has 0 aliphatic rings. The Balaban J connectivity index is 2.06. The third kappa shape index (κ3) is 3.13. The molecule has 3 aromatic rings. The number of nitro groups is 2. The lowest BCUT2D eigenvalue weighted by Crippen LogP contribution is -1.94. The van der Waals surface area contributed by atoms with E-state index in [4.69, 9.17) is 4.52 Å². The molecular weight excluding hydrogens is 384 g/mol. The van der Waals surface area contributed by atoms with E-state index < -0.39 is 21.2 Å². The zero-order chi connectivity index (χ0) is 17.3. The molecule has 10 heteroatoms. The van der Waals surface area contributed by atoms with Crippen LogP contribution in [0.1, 0.15) is 0 Å². The molecular formula is C14H7BrN4O5. The molecule has 0 N–H and O–H groups in total. The van der Waals surface area contributed by atoms with E-state index in [0.29, 0.717) is 5.56 Å². The van der Waals surface area contributed by atoms with Crippen LogP contribution in [0, 0.1) is 20.2 Å². The van der Waals surface area contributed by atoms with Crippen LogP contribution in [0.25, 0.3) is 22.8 Å². The van der Waals surface area contributed by atoms with Gasteiger partial charge in [0.25, 0.3) is 17.3 Å². The van der Waals surface area contributed by atoms with E-state index in [1.165, 1.54) is 0 Å². The fraction of sp³-hybridized carbons (Fsp3) is 0. The average molecular weight is 391 g/mol. The van der Waals surface area contributed by atoms with Crippen LogP contribution in [0.15, 0.2) is 51.5 Å². The number of hydrogen-bond acceptors (Lipinski definition) is 7. The van der Waals surface area contributed by atoms with Crippen molar-refractivity contribution in [1.82, 2.24) is 10.1 Å². The van der Waals surface area contributed by atoms with Crippen LogP contribution in [0.4, 0.5) is 11.4 Å². The molecule has 0 saturated heterocycles. The molecule has 120 valence electrons. The number of rotatable bonds is 4. The van der Waals surface area contributed by atoms with Crippen molar-refractivity contribution < 1.29 is 14.4 Å².